The lowest BCUT2D eigenvalue weighted by Gasteiger charge is -2.20. The second-order valence-electron chi connectivity index (χ2n) is 5.97. The van der Waals surface area contributed by atoms with E-state index in [2.05, 4.69) is 6.92 Å². The van der Waals surface area contributed by atoms with E-state index >= 15 is 0 Å². The van der Waals surface area contributed by atoms with Crippen molar-refractivity contribution in [3.8, 4) is 0 Å². The fourth-order valence-electron chi connectivity index (χ4n) is 2.88. The molecule has 2 atom stereocenters. The molecule has 1 fully saturated rings. The van der Waals surface area contributed by atoms with Crippen molar-refractivity contribution in [2.45, 2.75) is 50.5 Å². The highest BCUT2D eigenvalue weighted by molar-refractivity contribution is 7.89. The van der Waals surface area contributed by atoms with Gasteiger partial charge in [0.1, 0.15) is 0 Å². The molecule has 1 aliphatic heterocycles. The summed E-state index contributed by atoms with van der Waals surface area (Å²) in [7, 11) is -3.37. The van der Waals surface area contributed by atoms with Crippen molar-refractivity contribution in [2.24, 2.45) is 11.7 Å². The maximum atomic E-state index is 12.7. The number of nitrogens with zero attached hydrogens (tertiary/aromatic N) is 1. The van der Waals surface area contributed by atoms with E-state index in [1.165, 1.54) is 0 Å². The van der Waals surface area contributed by atoms with Crippen molar-refractivity contribution in [2.75, 3.05) is 13.1 Å². The summed E-state index contributed by atoms with van der Waals surface area (Å²) in [6.07, 6.45) is 4.19. The molecule has 0 aromatic heterocycles. The zero-order valence-corrected chi connectivity index (χ0v) is 13.8. The van der Waals surface area contributed by atoms with Gasteiger partial charge in [-0.05, 0) is 49.8 Å². The summed E-state index contributed by atoms with van der Waals surface area (Å²) in [6, 6.07) is 6.89. The number of benzene rings is 1. The normalized spacial score (nSPS) is 22.7. The van der Waals surface area contributed by atoms with Gasteiger partial charge in [0.25, 0.3) is 0 Å². The van der Waals surface area contributed by atoms with E-state index in [0.717, 1.165) is 31.2 Å². The summed E-state index contributed by atoms with van der Waals surface area (Å²) in [5.74, 6) is 0.658. The zero-order chi connectivity index (χ0) is 15.5. The Kier molecular flexibility index (Phi) is 5.41. The van der Waals surface area contributed by atoms with Gasteiger partial charge < -0.3 is 5.73 Å². The average Bonchev–Trinajstić information content (AvgIpc) is 2.73. The first-order valence-corrected chi connectivity index (χ1v) is 9.25. The minimum absolute atomic E-state index is 0.0785. The van der Waals surface area contributed by atoms with Gasteiger partial charge in [-0.25, -0.2) is 8.42 Å². The molecule has 0 amide bonds. The van der Waals surface area contributed by atoms with Gasteiger partial charge in [0.2, 0.25) is 10.0 Å². The Hall–Kier alpha value is -0.910. The molecule has 1 heterocycles. The van der Waals surface area contributed by atoms with Crippen molar-refractivity contribution in [1.29, 1.82) is 0 Å². The Morgan fingerprint density at radius 2 is 1.90 bits per heavy atom. The van der Waals surface area contributed by atoms with Crippen LogP contribution in [0, 0.1) is 5.92 Å². The second kappa shape index (κ2) is 6.90. The summed E-state index contributed by atoms with van der Waals surface area (Å²) >= 11 is 0. The van der Waals surface area contributed by atoms with Gasteiger partial charge in [0, 0.05) is 19.1 Å². The maximum Gasteiger partial charge on any atom is 0.243 e. The van der Waals surface area contributed by atoms with E-state index in [-0.39, 0.29) is 6.04 Å². The largest absolute Gasteiger partial charge is 0.324 e. The van der Waals surface area contributed by atoms with Crippen LogP contribution in [0.1, 0.15) is 51.1 Å². The molecule has 1 aromatic rings. The van der Waals surface area contributed by atoms with Crippen LogP contribution < -0.4 is 5.73 Å². The van der Waals surface area contributed by atoms with Gasteiger partial charge in [0.05, 0.1) is 4.90 Å². The number of nitrogens with two attached hydrogens (primary N) is 1. The molecule has 21 heavy (non-hydrogen) atoms. The predicted octanol–water partition coefficient (Wildman–Crippen LogP) is 2.91. The molecule has 1 aromatic carbocycles. The van der Waals surface area contributed by atoms with Crippen LogP contribution in [0.25, 0.3) is 0 Å². The van der Waals surface area contributed by atoms with Gasteiger partial charge in [-0.15, -0.1) is 0 Å². The lowest BCUT2D eigenvalue weighted by Crippen LogP contribution is -2.32. The van der Waals surface area contributed by atoms with Crippen molar-refractivity contribution in [1.82, 2.24) is 4.31 Å². The lowest BCUT2D eigenvalue weighted by atomic mass is 9.98. The van der Waals surface area contributed by atoms with Gasteiger partial charge >= 0.3 is 0 Å². The quantitative estimate of drug-likeness (QED) is 0.930. The van der Waals surface area contributed by atoms with Gasteiger partial charge in [-0.1, -0.05) is 25.5 Å². The van der Waals surface area contributed by atoms with Gasteiger partial charge in [0.15, 0.2) is 0 Å². The monoisotopic (exact) mass is 310 g/mol. The molecule has 5 heteroatoms. The van der Waals surface area contributed by atoms with Crippen molar-refractivity contribution >= 4 is 10.0 Å². The molecule has 2 rings (SSSR count). The van der Waals surface area contributed by atoms with E-state index in [1.807, 2.05) is 19.1 Å². The van der Waals surface area contributed by atoms with Gasteiger partial charge in [-0.2, -0.15) is 4.31 Å². The minimum atomic E-state index is -3.37. The van der Waals surface area contributed by atoms with E-state index in [9.17, 15) is 8.42 Å². The van der Waals surface area contributed by atoms with Crippen LogP contribution in [0.5, 0.6) is 0 Å². The molecule has 1 aliphatic rings. The first-order valence-electron chi connectivity index (χ1n) is 7.81. The summed E-state index contributed by atoms with van der Waals surface area (Å²) in [4.78, 5) is 0.377. The van der Waals surface area contributed by atoms with E-state index < -0.39 is 10.0 Å². The maximum absolute atomic E-state index is 12.7. The molecule has 4 nitrogen and oxygen atoms in total. The number of hydrogen-bond donors (Lipinski definition) is 1. The summed E-state index contributed by atoms with van der Waals surface area (Å²) < 4.78 is 27.1. The molecule has 0 aliphatic carbocycles. The Morgan fingerprint density at radius 1 is 1.24 bits per heavy atom. The Bertz CT molecular complexity index is 552. The molecule has 0 radical (unpaired) electrons. The second-order valence-corrected chi connectivity index (χ2v) is 7.90. The van der Waals surface area contributed by atoms with Crippen molar-refractivity contribution < 1.29 is 8.42 Å². The van der Waals surface area contributed by atoms with Gasteiger partial charge in [-0.3, -0.25) is 0 Å². The van der Waals surface area contributed by atoms with E-state index in [1.54, 1.807) is 16.4 Å². The van der Waals surface area contributed by atoms with Crippen LogP contribution in [0.3, 0.4) is 0 Å². The zero-order valence-electron chi connectivity index (χ0n) is 13.0. The number of rotatable bonds is 4. The van der Waals surface area contributed by atoms with Crippen LogP contribution in [0.15, 0.2) is 29.2 Å². The fraction of sp³-hybridized carbons (Fsp3) is 0.625. The Labute approximate surface area is 128 Å². The Balaban J connectivity index is 2.17. The van der Waals surface area contributed by atoms with E-state index in [4.69, 9.17) is 5.73 Å². The molecule has 0 bridgehead atoms. The number of sulfonamides is 1. The highest BCUT2D eigenvalue weighted by Gasteiger charge is 2.27. The highest BCUT2D eigenvalue weighted by atomic mass is 32.2. The minimum Gasteiger partial charge on any atom is -0.324 e. The summed E-state index contributed by atoms with van der Waals surface area (Å²) in [6.45, 7) is 5.34. The molecular formula is C16H26N2O2S. The molecule has 2 N–H and O–H groups in total. The molecule has 1 saturated heterocycles. The topological polar surface area (TPSA) is 63.4 Å². The van der Waals surface area contributed by atoms with E-state index in [0.29, 0.717) is 23.9 Å². The first kappa shape index (κ1) is 16.5. The van der Waals surface area contributed by atoms with Crippen molar-refractivity contribution in [3.05, 3.63) is 29.8 Å². The third kappa shape index (κ3) is 3.84. The smallest absolute Gasteiger partial charge is 0.243 e. The molecule has 0 saturated carbocycles. The third-order valence-corrected chi connectivity index (χ3v) is 6.34. The Morgan fingerprint density at radius 3 is 2.48 bits per heavy atom. The highest BCUT2D eigenvalue weighted by Crippen LogP contribution is 2.25. The molecule has 2 unspecified atom stereocenters. The fourth-order valence-corrected chi connectivity index (χ4v) is 4.37. The summed E-state index contributed by atoms with van der Waals surface area (Å²) in [5, 5.41) is 0. The lowest BCUT2D eigenvalue weighted by molar-refractivity contribution is 0.407. The van der Waals surface area contributed by atoms with Crippen LogP contribution in [0.4, 0.5) is 0 Å². The SMILES string of the molecule is CCC1CCCN(S(=O)(=O)c2ccc(C(C)N)cc2)CC1. The van der Waals surface area contributed by atoms with Crippen LogP contribution in [-0.4, -0.2) is 25.8 Å². The van der Waals surface area contributed by atoms with Crippen LogP contribution in [0.2, 0.25) is 0 Å². The average molecular weight is 310 g/mol. The third-order valence-electron chi connectivity index (χ3n) is 4.43. The standard InChI is InChI=1S/C16H26N2O2S/c1-3-14-5-4-11-18(12-10-14)21(19,20)16-8-6-15(7-9-16)13(2)17/h6-9,13-14H,3-5,10-12,17H2,1-2H3. The molecule has 118 valence electrons. The first-order chi connectivity index (χ1) is 9.95. The van der Waals surface area contributed by atoms with Crippen LogP contribution >= 0.6 is 0 Å². The summed E-state index contributed by atoms with van der Waals surface area (Å²) in [5.41, 5.74) is 6.76. The van der Waals surface area contributed by atoms with Crippen molar-refractivity contribution in [3.63, 3.8) is 0 Å². The number of hydrogen-bond acceptors (Lipinski definition) is 3. The molecule has 0 spiro atoms. The predicted molar refractivity (Wildman–Crippen MR) is 85.4 cm³/mol. The van der Waals surface area contributed by atoms with Crippen LogP contribution in [-0.2, 0) is 10.0 Å². The molecular weight excluding hydrogens is 284 g/mol.